The van der Waals surface area contributed by atoms with Gasteiger partial charge in [-0.05, 0) is 43.4 Å². The molecule has 1 aliphatic carbocycles. The van der Waals surface area contributed by atoms with Crippen LogP contribution in [-0.2, 0) is 4.79 Å². The smallest absolute Gasteiger partial charge is 0.238 e. The minimum atomic E-state index is -0.105. The number of nitrogens with zero attached hydrogens (tertiary/aromatic N) is 1. The molecule has 1 aromatic carbocycles. The largest absolute Gasteiger partial charge is 0.347 e. The first-order chi connectivity index (χ1) is 8.97. The van der Waals surface area contributed by atoms with Crippen LogP contribution in [0.3, 0.4) is 0 Å². The molecule has 4 heteroatoms. The number of benzene rings is 1. The molecule has 0 heterocycles. The topological polar surface area (TPSA) is 32.3 Å². The molecule has 0 saturated heterocycles. The van der Waals surface area contributed by atoms with E-state index in [1.54, 1.807) is 19.0 Å². The van der Waals surface area contributed by atoms with Crippen LogP contribution in [-0.4, -0.2) is 37.0 Å². The van der Waals surface area contributed by atoms with Crippen molar-refractivity contribution in [3.05, 3.63) is 34.9 Å². The van der Waals surface area contributed by atoms with Crippen molar-refractivity contribution in [2.24, 2.45) is 0 Å². The van der Waals surface area contributed by atoms with E-state index in [9.17, 15) is 4.79 Å². The number of nitrogens with one attached hydrogen (secondary N) is 1. The van der Waals surface area contributed by atoms with Crippen LogP contribution >= 0.6 is 11.6 Å². The van der Waals surface area contributed by atoms with Crippen molar-refractivity contribution in [2.45, 2.75) is 37.8 Å². The van der Waals surface area contributed by atoms with Crippen molar-refractivity contribution >= 4 is 17.5 Å². The van der Waals surface area contributed by atoms with Crippen molar-refractivity contribution < 1.29 is 4.79 Å². The van der Waals surface area contributed by atoms with Gasteiger partial charge in [-0.1, -0.05) is 23.7 Å². The molecule has 19 heavy (non-hydrogen) atoms. The molecule has 0 bridgehead atoms. The van der Waals surface area contributed by atoms with Crippen LogP contribution in [0.4, 0.5) is 0 Å². The van der Waals surface area contributed by atoms with Gasteiger partial charge in [0.2, 0.25) is 5.91 Å². The second kappa shape index (κ2) is 5.93. The molecule has 1 fully saturated rings. The summed E-state index contributed by atoms with van der Waals surface area (Å²) in [4.78, 5) is 13.4. The van der Waals surface area contributed by atoms with Gasteiger partial charge in [0.05, 0.1) is 6.04 Å². The maximum atomic E-state index is 11.8. The van der Waals surface area contributed by atoms with Gasteiger partial charge in [0.15, 0.2) is 0 Å². The number of likely N-dealkylation sites (N-methyl/N-ethyl adjacent to an activating group) is 1. The maximum absolute atomic E-state index is 11.8. The Balaban J connectivity index is 1.80. The molecule has 1 N–H and O–H groups in total. The summed E-state index contributed by atoms with van der Waals surface area (Å²) in [5.41, 5.74) is 1.34. The van der Waals surface area contributed by atoms with Crippen molar-refractivity contribution in [1.82, 2.24) is 10.2 Å². The lowest BCUT2D eigenvalue weighted by Crippen LogP contribution is -2.50. The number of carbonyl (C=O) groups excluding carboxylic acids is 1. The Morgan fingerprint density at radius 3 is 2.42 bits per heavy atom. The first-order valence-corrected chi connectivity index (χ1v) is 7.08. The zero-order valence-corrected chi connectivity index (χ0v) is 12.4. The number of amides is 1. The summed E-state index contributed by atoms with van der Waals surface area (Å²) in [6.07, 6.45) is 2.18. The highest BCUT2D eigenvalue weighted by Crippen LogP contribution is 2.37. The Bertz CT molecular complexity index is 438. The molecule has 1 atom stereocenters. The molecule has 0 spiro atoms. The lowest BCUT2D eigenvalue weighted by Gasteiger charge is -2.38. The summed E-state index contributed by atoms with van der Waals surface area (Å²) in [6, 6.07) is 8.41. The van der Waals surface area contributed by atoms with E-state index in [4.69, 9.17) is 11.6 Å². The summed E-state index contributed by atoms with van der Waals surface area (Å²) >= 11 is 5.89. The lowest BCUT2D eigenvalue weighted by atomic mass is 9.75. The summed E-state index contributed by atoms with van der Waals surface area (Å²) in [6.45, 7) is 1.93. The van der Waals surface area contributed by atoms with Crippen molar-refractivity contribution in [1.29, 1.82) is 0 Å². The quantitative estimate of drug-likeness (QED) is 0.920. The Morgan fingerprint density at radius 2 is 1.89 bits per heavy atom. The van der Waals surface area contributed by atoms with E-state index in [0.717, 1.165) is 17.9 Å². The first-order valence-electron chi connectivity index (χ1n) is 6.70. The number of hydrogen-bond donors (Lipinski definition) is 1. The zero-order valence-electron chi connectivity index (χ0n) is 11.7. The molecule has 1 saturated carbocycles. The Hall–Kier alpha value is -1.06. The van der Waals surface area contributed by atoms with E-state index in [1.807, 2.05) is 19.1 Å². The predicted molar refractivity (Wildman–Crippen MR) is 78.5 cm³/mol. The normalized spacial score (nSPS) is 23.6. The van der Waals surface area contributed by atoms with E-state index in [0.29, 0.717) is 12.0 Å². The number of halogens is 1. The van der Waals surface area contributed by atoms with E-state index < -0.39 is 0 Å². The lowest BCUT2D eigenvalue weighted by molar-refractivity contribution is -0.130. The van der Waals surface area contributed by atoms with Gasteiger partial charge in [-0.3, -0.25) is 4.79 Å². The minimum Gasteiger partial charge on any atom is -0.347 e. The standard InChI is InChI=1S/C15H21ClN2O/c1-10(15(19)18(2)3)17-14-8-12(9-14)11-4-6-13(16)7-5-11/h4-7,10,12,14,17H,8-9H2,1-3H3. The number of rotatable bonds is 4. The molecule has 1 aromatic rings. The van der Waals surface area contributed by atoms with Gasteiger partial charge in [0.1, 0.15) is 0 Å². The molecule has 2 rings (SSSR count). The minimum absolute atomic E-state index is 0.105. The third kappa shape index (κ3) is 3.48. The molecule has 1 unspecified atom stereocenters. The van der Waals surface area contributed by atoms with E-state index in [1.165, 1.54) is 5.56 Å². The monoisotopic (exact) mass is 280 g/mol. The molecular formula is C15H21ClN2O. The molecule has 0 aromatic heterocycles. The summed E-state index contributed by atoms with van der Waals surface area (Å²) in [5, 5.41) is 4.17. The summed E-state index contributed by atoms with van der Waals surface area (Å²) in [7, 11) is 3.58. The molecule has 0 radical (unpaired) electrons. The van der Waals surface area contributed by atoms with Crippen molar-refractivity contribution in [3.63, 3.8) is 0 Å². The molecule has 3 nitrogen and oxygen atoms in total. The highest BCUT2D eigenvalue weighted by Gasteiger charge is 2.32. The van der Waals surface area contributed by atoms with Crippen LogP contribution in [0.5, 0.6) is 0 Å². The zero-order chi connectivity index (χ0) is 14.0. The van der Waals surface area contributed by atoms with Gasteiger partial charge in [0, 0.05) is 25.2 Å². The van der Waals surface area contributed by atoms with Gasteiger partial charge in [-0.2, -0.15) is 0 Å². The fourth-order valence-electron chi connectivity index (χ4n) is 2.57. The molecule has 1 aliphatic rings. The SMILES string of the molecule is CC(NC1CC(c2ccc(Cl)cc2)C1)C(=O)N(C)C. The summed E-state index contributed by atoms with van der Waals surface area (Å²) < 4.78 is 0. The van der Waals surface area contributed by atoms with E-state index in [-0.39, 0.29) is 11.9 Å². The second-order valence-electron chi connectivity index (χ2n) is 5.54. The highest BCUT2D eigenvalue weighted by atomic mass is 35.5. The third-order valence-electron chi connectivity index (χ3n) is 3.78. The van der Waals surface area contributed by atoms with Crippen LogP contribution < -0.4 is 5.32 Å². The predicted octanol–water partition coefficient (Wildman–Crippen LogP) is 2.65. The fourth-order valence-corrected chi connectivity index (χ4v) is 2.70. The van der Waals surface area contributed by atoms with E-state index >= 15 is 0 Å². The molecule has 104 valence electrons. The Labute approximate surface area is 119 Å². The van der Waals surface area contributed by atoms with Gasteiger partial charge in [0.25, 0.3) is 0 Å². The molecule has 0 aliphatic heterocycles. The van der Waals surface area contributed by atoms with Gasteiger partial charge in [-0.15, -0.1) is 0 Å². The van der Waals surface area contributed by atoms with Crippen molar-refractivity contribution in [2.75, 3.05) is 14.1 Å². The van der Waals surface area contributed by atoms with E-state index in [2.05, 4.69) is 17.4 Å². The second-order valence-corrected chi connectivity index (χ2v) is 5.97. The maximum Gasteiger partial charge on any atom is 0.238 e. The molecule has 1 amide bonds. The van der Waals surface area contributed by atoms with Gasteiger partial charge in [-0.25, -0.2) is 0 Å². The number of carbonyl (C=O) groups is 1. The number of hydrogen-bond acceptors (Lipinski definition) is 2. The van der Waals surface area contributed by atoms with Crippen LogP contribution in [0.25, 0.3) is 0 Å². The summed E-state index contributed by atoms with van der Waals surface area (Å²) in [5.74, 6) is 0.728. The van der Waals surface area contributed by atoms with Crippen LogP contribution in [0.15, 0.2) is 24.3 Å². The third-order valence-corrected chi connectivity index (χ3v) is 4.03. The van der Waals surface area contributed by atoms with Crippen LogP contribution in [0.2, 0.25) is 5.02 Å². The van der Waals surface area contributed by atoms with Crippen LogP contribution in [0, 0.1) is 0 Å². The van der Waals surface area contributed by atoms with Crippen LogP contribution in [0.1, 0.15) is 31.2 Å². The highest BCUT2D eigenvalue weighted by molar-refractivity contribution is 6.30. The fraction of sp³-hybridized carbons (Fsp3) is 0.533. The first kappa shape index (κ1) is 14.4. The molecular weight excluding hydrogens is 260 g/mol. The van der Waals surface area contributed by atoms with Gasteiger partial charge < -0.3 is 10.2 Å². The Kier molecular flexibility index (Phi) is 4.48. The average molecular weight is 281 g/mol. The van der Waals surface area contributed by atoms with Crippen molar-refractivity contribution in [3.8, 4) is 0 Å². The average Bonchev–Trinajstić information content (AvgIpc) is 2.33. The van der Waals surface area contributed by atoms with Gasteiger partial charge >= 0.3 is 0 Å². The Morgan fingerprint density at radius 1 is 1.32 bits per heavy atom.